The fraction of sp³-hybridized carbons (Fsp3) is 0.357. The zero-order valence-electron chi connectivity index (χ0n) is 10.6. The summed E-state index contributed by atoms with van der Waals surface area (Å²) in [7, 11) is 0. The van der Waals surface area contributed by atoms with Crippen LogP contribution in [0.2, 0.25) is 0 Å². The lowest BCUT2D eigenvalue weighted by Crippen LogP contribution is -2.26. The molecule has 2 aromatic rings. The first kappa shape index (κ1) is 12.6. The molecule has 1 unspecified atom stereocenters. The fourth-order valence-electron chi connectivity index (χ4n) is 1.76. The molecule has 0 fully saturated rings. The zero-order chi connectivity index (χ0) is 13.1. The molecule has 2 rings (SSSR count). The molecule has 1 atom stereocenters. The summed E-state index contributed by atoms with van der Waals surface area (Å²) < 4.78 is 5.47. The smallest absolute Gasteiger partial charge is 0.287 e. The van der Waals surface area contributed by atoms with E-state index in [-0.39, 0.29) is 5.91 Å². The first-order chi connectivity index (χ1) is 8.56. The lowest BCUT2D eigenvalue weighted by atomic mass is 10.2. The molecule has 0 aliphatic heterocycles. The molecule has 0 radical (unpaired) electrons. The van der Waals surface area contributed by atoms with E-state index in [1.807, 2.05) is 25.1 Å². The van der Waals surface area contributed by atoms with Gasteiger partial charge in [-0.2, -0.15) is 0 Å². The number of aliphatic hydroxyl groups excluding tert-OH is 1. The average Bonchev–Trinajstić information content (AvgIpc) is 2.71. The van der Waals surface area contributed by atoms with Crippen LogP contribution < -0.4 is 5.32 Å². The van der Waals surface area contributed by atoms with E-state index >= 15 is 0 Å². The Bertz CT molecular complexity index is 557. The molecular formula is C14H17NO3. The number of fused-ring (bicyclic) bond motifs is 1. The Kier molecular flexibility index (Phi) is 3.67. The fourth-order valence-corrected chi connectivity index (χ4v) is 1.76. The molecule has 0 aliphatic rings. The number of aryl methyl sites for hydroxylation is 1. The van der Waals surface area contributed by atoms with Crippen LogP contribution in [0.3, 0.4) is 0 Å². The van der Waals surface area contributed by atoms with Crippen LogP contribution in [-0.2, 0) is 0 Å². The number of carbonyl (C=O) groups is 1. The van der Waals surface area contributed by atoms with Gasteiger partial charge in [-0.3, -0.25) is 4.79 Å². The lowest BCUT2D eigenvalue weighted by Gasteiger charge is -2.04. The van der Waals surface area contributed by atoms with Crippen LogP contribution in [0.25, 0.3) is 11.0 Å². The molecule has 4 heteroatoms. The summed E-state index contributed by atoms with van der Waals surface area (Å²) in [6, 6.07) is 7.52. The van der Waals surface area contributed by atoms with Gasteiger partial charge in [-0.25, -0.2) is 0 Å². The van der Waals surface area contributed by atoms with Gasteiger partial charge in [0.2, 0.25) is 0 Å². The van der Waals surface area contributed by atoms with Crippen LogP contribution in [0, 0.1) is 6.92 Å². The van der Waals surface area contributed by atoms with Gasteiger partial charge in [0.15, 0.2) is 5.76 Å². The van der Waals surface area contributed by atoms with Gasteiger partial charge >= 0.3 is 0 Å². The van der Waals surface area contributed by atoms with Gasteiger partial charge in [0.1, 0.15) is 5.58 Å². The summed E-state index contributed by atoms with van der Waals surface area (Å²) in [6.45, 7) is 4.12. The number of nitrogens with one attached hydrogen (secondary N) is 1. The molecule has 0 spiro atoms. The number of hydrogen-bond acceptors (Lipinski definition) is 3. The van der Waals surface area contributed by atoms with Crippen molar-refractivity contribution in [2.75, 3.05) is 6.54 Å². The molecule has 1 heterocycles. The minimum absolute atomic E-state index is 0.246. The maximum Gasteiger partial charge on any atom is 0.287 e. The third kappa shape index (κ3) is 2.90. The summed E-state index contributed by atoms with van der Waals surface area (Å²) in [4.78, 5) is 11.8. The Morgan fingerprint density at radius 3 is 2.94 bits per heavy atom. The molecule has 1 aromatic heterocycles. The van der Waals surface area contributed by atoms with Gasteiger partial charge in [-0.05, 0) is 38.5 Å². The van der Waals surface area contributed by atoms with E-state index in [9.17, 15) is 4.79 Å². The highest BCUT2D eigenvalue weighted by Crippen LogP contribution is 2.20. The molecule has 1 aromatic carbocycles. The van der Waals surface area contributed by atoms with E-state index in [1.54, 1.807) is 13.0 Å². The molecule has 0 saturated carbocycles. The summed E-state index contributed by atoms with van der Waals surface area (Å²) >= 11 is 0. The van der Waals surface area contributed by atoms with Crippen molar-refractivity contribution in [3.05, 3.63) is 35.6 Å². The van der Waals surface area contributed by atoms with E-state index in [0.717, 1.165) is 10.9 Å². The molecule has 18 heavy (non-hydrogen) atoms. The highest BCUT2D eigenvalue weighted by Gasteiger charge is 2.11. The van der Waals surface area contributed by atoms with Crippen LogP contribution >= 0.6 is 0 Å². The van der Waals surface area contributed by atoms with Crippen LogP contribution in [0.1, 0.15) is 29.5 Å². The molecular weight excluding hydrogens is 230 g/mol. The van der Waals surface area contributed by atoms with Gasteiger partial charge in [-0.15, -0.1) is 0 Å². The summed E-state index contributed by atoms with van der Waals surface area (Å²) in [6.07, 6.45) is 0.120. The van der Waals surface area contributed by atoms with E-state index in [1.165, 1.54) is 0 Å². The summed E-state index contributed by atoms with van der Waals surface area (Å²) in [5, 5.41) is 12.7. The number of aliphatic hydroxyl groups is 1. The molecule has 0 bridgehead atoms. The second-order valence-electron chi connectivity index (χ2n) is 4.55. The molecule has 96 valence electrons. The number of carbonyl (C=O) groups excluding carboxylic acids is 1. The van der Waals surface area contributed by atoms with Crippen LogP contribution in [0.4, 0.5) is 0 Å². The second-order valence-corrected chi connectivity index (χ2v) is 4.55. The lowest BCUT2D eigenvalue weighted by molar-refractivity contribution is 0.0920. The molecule has 1 amide bonds. The van der Waals surface area contributed by atoms with Crippen molar-refractivity contribution >= 4 is 16.9 Å². The Morgan fingerprint density at radius 2 is 2.22 bits per heavy atom. The van der Waals surface area contributed by atoms with Gasteiger partial charge < -0.3 is 14.8 Å². The van der Waals surface area contributed by atoms with Crippen molar-refractivity contribution in [1.82, 2.24) is 5.32 Å². The Balaban J connectivity index is 2.08. The van der Waals surface area contributed by atoms with Gasteiger partial charge in [0.25, 0.3) is 5.91 Å². The second kappa shape index (κ2) is 5.23. The van der Waals surface area contributed by atoms with Gasteiger partial charge in [0, 0.05) is 11.9 Å². The maximum atomic E-state index is 11.8. The molecule has 4 nitrogen and oxygen atoms in total. The quantitative estimate of drug-likeness (QED) is 0.871. The van der Waals surface area contributed by atoms with Crippen molar-refractivity contribution in [3.8, 4) is 0 Å². The van der Waals surface area contributed by atoms with Crippen molar-refractivity contribution in [3.63, 3.8) is 0 Å². The standard InChI is InChI=1S/C14H17NO3/c1-9-3-4-12-11(7-9)8-13(18-12)14(17)15-6-5-10(2)16/h3-4,7-8,10,16H,5-6H2,1-2H3,(H,15,17). The number of hydrogen-bond donors (Lipinski definition) is 2. The predicted molar refractivity (Wildman–Crippen MR) is 69.6 cm³/mol. The number of rotatable bonds is 4. The highest BCUT2D eigenvalue weighted by molar-refractivity contribution is 5.96. The minimum atomic E-state index is -0.413. The third-order valence-corrected chi connectivity index (χ3v) is 2.74. The summed E-state index contributed by atoms with van der Waals surface area (Å²) in [5.41, 5.74) is 1.84. The van der Waals surface area contributed by atoms with E-state index < -0.39 is 6.10 Å². The Hall–Kier alpha value is -1.81. The van der Waals surface area contributed by atoms with Crippen molar-refractivity contribution in [1.29, 1.82) is 0 Å². The number of amides is 1. The van der Waals surface area contributed by atoms with E-state index in [4.69, 9.17) is 9.52 Å². The van der Waals surface area contributed by atoms with Gasteiger partial charge in [0.05, 0.1) is 6.10 Å². The largest absolute Gasteiger partial charge is 0.451 e. The van der Waals surface area contributed by atoms with E-state index in [0.29, 0.717) is 24.3 Å². The molecule has 2 N–H and O–H groups in total. The van der Waals surface area contributed by atoms with Crippen LogP contribution in [0.5, 0.6) is 0 Å². The molecule has 0 aliphatic carbocycles. The first-order valence-electron chi connectivity index (χ1n) is 6.03. The maximum absolute atomic E-state index is 11.8. The normalized spacial score (nSPS) is 12.6. The van der Waals surface area contributed by atoms with Crippen LogP contribution in [-0.4, -0.2) is 23.7 Å². The first-order valence-corrected chi connectivity index (χ1v) is 6.03. The average molecular weight is 247 g/mol. The Labute approximate surface area is 106 Å². The third-order valence-electron chi connectivity index (χ3n) is 2.74. The van der Waals surface area contributed by atoms with Crippen molar-refractivity contribution < 1.29 is 14.3 Å². The minimum Gasteiger partial charge on any atom is -0.451 e. The predicted octanol–water partition coefficient (Wildman–Crippen LogP) is 2.24. The van der Waals surface area contributed by atoms with Crippen molar-refractivity contribution in [2.45, 2.75) is 26.4 Å². The zero-order valence-corrected chi connectivity index (χ0v) is 10.6. The topological polar surface area (TPSA) is 62.5 Å². The monoisotopic (exact) mass is 247 g/mol. The van der Waals surface area contributed by atoms with Crippen LogP contribution in [0.15, 0.2) is 28.7 Å². The van der Waals surface area contributed by atoms with Gasteiger partial charge in [-0.1, -0.05) is 11.6 Å². The van der Waals surface area contributed by atoms with Crippen molar-refractivity contribution in [2.24, 2.45) is 0 Å². The number of benzene rings is 1. The molecule has 0 saturated heterocycles. The highest BCUT2D eigenvalue weighted by atomic mass is 16.3. The SMILES string of the molecule is Cc1ccc2oc(C(=O)NCCC(C)O)cc2c1. The number of furan rings is 1. The summed E-state index contributed by atoms with van der Waals surface area (Å²) in [5.74, 6) is 0.0608. The Morgan fingerprint density at radius 1 is 1.44 bits per heavy atom. The van der Waals surface area contributed by atoms with E-state index in [2.05, 4.69) is 5.32 Å².